The van der Waals surface area contributed by atoms with Gasteiger partial charge in [0.25, 0.3) is 0 Å². The quantitative estimate of drug-likeness (QED) is 0.341. The number of alkyl halides is 3. The summed E-state index contributed by atoms with van der Waals surface area (Å²) in [5.74, 6) is 4.81. The Labute approximate surface area is 56.9 Å². The molecule has 7 heavy (non-hydrogen) atoms. The van der Waals surface area contributed by atoms with Crippen molar-refractivity contribution in [3.63, 3.8) is 0 Å². The van der Waals surface area contributed by atoms with Crippen molar-refractivity contribution in [1.82, 2.24) is 5.43 Å². The molecule has 5 heteroatoms. The maximum Gasteiger partial charge on any atom is 0.204 e. The Morgan fingerprint density at radius 2 is 1.86 bits per heavy atom. The number of nitrogens with two attached hydrogens (primary N) is 1. The maximum atomic E-state index is 5.22. The Kier molecular flexibility index (Phi) is 3.28. The molecule has 0 heterocycles. The summed E-state index contributed by atoms with van der Waals surface area (Å²) in [6.45, 7) is 0.164. The van der Waals surface area contributed by atoms with Gasteiger partial charge in [-0.3, -0.25) is 11.3 Å². The lowest BCUT2D eigenvalue weighted by Gasteiger charge is -2.06. The van der Waals surface area contributed by atoms with E-state index in [1.807, 2.05) is 0 Å². The lowest BCUT2D eigenvalue weighted by molar-refractivity contribution is 0.744. The average Bonchev–Trinajstić information content (AvgIpc) is 1.30. The fourth-order valence-electron chi connectivity index (χ4n) is 0.116. The number of rotatable bonds is 1. The van der Waals surface area contributed by atoms with E-state index in [0.717, 1.165) is 0 Å². The Bertz CT molecular complexity index is 49.4. The van der Waals surface area contributed by atoms with Crippen LogP contribution in [-0.2, 0) is 0 Å². The van der Waals surface area contributed by atoms with Crippen molar-refractivity contribution in [2.45, 2.75) is 3.79 Å². The zero-order chi connectivity index (χ0) is 5.91. The molecular formula is C2H5Cl3N2. The molecule has 0 aliphatic rings. The molecule has 0 aromatic rings. The van der Waals surface area contributed by atoms with E-state index in [1.165, 1.54) is 0 Å². The smallest absolute Gasteiger partial charge is 0.204 e. The molecule has 0 saturated heterocycles. The van der Waals surface area contributed by atoms with E-state index in [1.54, 1.807) is 0 Å². The molecule has 0 aromatic carbocycles. The first-order chi connectivity index (χ1) is 3.06. The van der Waals surface area contributed by atoms with Gasteiger partial charge in [-0.05, 0) is 0 Å². The minimum atomic E-state index is -1.27. The summed E-state index contributed by atoms with van der Waals surface area (Å²) < 4.78 is -1.27. The topological polar surface area (TPSA) is 38.0 Å². The number of halogens is 3. The Hall–Kier alpha value is 0.790. The zero-order valence-electron chi connectivity index (χ0n) is 3.42. The monoisotopic (exact) mass is 162 g/mol. The molecule has 0 saturated carbocycles. The van der Waals surface area contributed by atoms with Gasteiger partial charge in [0.2, 0.25) is 3.79 Å². The van der Waals surface area contributed by atoms with Crippen LogP contribution in [0.15, 0.2) is 0 Å². The van der Waals surface area contributed by atoms with Crippen LogP contribution in [0.3, 0.4) is 0 Å². The lowest BCUT2D eigenvalue weighted by Crippen LogP contribution is -2.31. The molecule has 0 aliphatic heterocycles. The largest absolute Gasteiger partial charge is 0.271 e. The Morgan fingerprint density at radius 3 is 1.86 bits per heavy atom. The minimum Gasteiger partial charge on any atom is -0.271 e. The van der Waals surface area contributed by atoms with Gasteiger partial charge in [-0.25, -0.2) is 0 Å². The lowest BCUT2D eigenvalue weighted by atomic mass is 10.8. The predicted molar refractivity (Wildman–Crippen MR) is 32.5 cm³/mol. The van der Waals surface area contributed by atoms with E-state index < -0.39 is 3.79 Å². The summed E-state index contributed by atoms with van der Waals surface area (Å²) in [6, 6.07) is 0. The van der Waals surface area contributed by atoms with Crippen LogP contribution in [0.1, 0.15) is 0 Å². The number of hydrogen-bond acceptors (Lipinski definition) is 2. The van der Waals surface area contributed by atoms with Crippen molar-refractivity contribution < 1.29 is 0 Å². The molecule has 0 unspecified atom stereocenters. The third kappa shape index (κ3) is 6.79. The van der Waals surface area contributed by atoms with E-state index >= 15 is 0 Å². The normalized spacial score (nSPS) is 12.0. The molecule has 0 atom stereocenters. The summed E-state index contributed by atoms with van der Waals surface area (Å²) in [7, 11) is 0. The van der Waals surface area contributed by atoms with Crippen molar-refractivity contribution in [2.75, 3.05) is 6.54 Å². The van der Waals surface area contributed by atoms with Gasteiger partial charge in [0.05, 0.1) is 6.54 Å². The van der Waals surface area contributed by atoms with Gasteiger partial charge < -0.3 is 0 Å². The van der Waals surface area contributed by atoms with E-state index in [2.05, 4.69) is 5.43 Å². The number of hydrogen-bond donors (Lipinski definition) is 2. The highest BCUT2D eigenvalue weighted by Crippen LogP contribution is 2.23. The van der Waals surface area contributed by atoms with Gasteiger partial charge in [-0.1, -0.05) is 34.8 Å². The summed E-state index contributed by atoms with van der Waals surface area (Å²) in [5.41, 5.74) is 2.21. The van der Waals surface area contributed by atoms with E-state index in [9.17, 15) is 0 Å². The highest BCUT2D eigenvalue weighted by atomic mass is 35.6. The van der Waals surface area contributed by atoms with Gasteiger partial charge in [-0.15, -0.1) is 0 Å². The van der Waals surface area contributed by atoms with Crippen LogP contribution in [0.4, 0.5) is 0 Å². The second-order valence-electron chi connectivity index (χ2n) is 0.996. The molecule has 0 fully saturated rings. The van der Waals surface area contributed by atoms with E-state index in [-0.39, 0.29) is 6.54 Å². The van der Waals surface area contributed by atoms with Crippen molar-refractivity contribution in [3.8, 4) is 0 Å². The fourth-order valence-corrected chi connectivity index (χ4v) is 0.347. The first-order valence-corrected chi connectivity index (χ1v) is 2.70. The molecule has 0 bridgehead atoms. The SMILES string of the molecule is NNCC(Cl)(Cl)Cl. The first-order valence-electron chi connectivity index (χ1n) is 1.56. The highest BCUT2D eigenvalue weighted by molar-refractivity contribution is 6.67. The number of hydrazine groups is 1. The van der Waals surface area contributed by atoms with Gasteiger partial charge >= 0.3 is 0 Å². The van der Waals surface area contributed by atoms with Crippen molar-refractivity contribution in [2.24, 2.45) is 5.84 Å². The van der Waals surface area contributed by atoms with Crippen LogP contribution in [0.25, 0.3) is 0 Å². The molecule has 3 N–H and O–H groups in total. The maximum absolute atomic E-state index is 5.22. The average molecular weight is 163 g/mol. The first kappa shape index (κ1) is 7.79. The van der Waals surface area contributed by atoms with Crippen LogP contribution >= 0.6 is 34.8 Å². The van der Waals surface area contributed by atoms with Gasteiger partial charge in [0.1, 0.15) is 0 Å². The van der Waals surface area contributed by atoms with Gasteiger partial charge in [-0.2, -0.15) is 0 Å². The fraction of sp³-hybridized carbons (Fsp3) is 1.00. The third-order valence-electron chi connectivity index (χ3n) is 0.303. The molecule has 44 valence electrons. The Morgan fingerprint density at radius 1 is 1.43 bits per heavy atom. The molecule has 0 spiro atoms. The van der Waals surface area contributed by atoms with Gasteiger partial charge in [0.15, 0.2) is 0 Å². The van der Waals surface area contributed by atoms with Crippen molar-refractivity contribution >= 4 is 34.8 Å². The molecule has 0 radical (unpaired) electrons. The molecular weight excluding hydrogens is 158 g/mol. The van der Waals surface area contributed by atoms with Crippen LogP contribution in [-0.4, -0.2) is 10.3 Å². The second kappa shape index (κ2) is 2.95. The second-order valence-corrected chi connectivity index (χ2v) is 3.51. The standard InChI is InChI=1S/C2H5Cl3N2/c3-2(4,5)1-7-6/h7H,1,6H2. The van der Waals surface area contributed by atoms with Crippen LogP contribution in [0, 0.1) is 0 Å². The zero-order valence-corrected chi connectivity index (χ0v) is 5.69. The minimum absolute atomic E-state index is 0.164. The van der Waals surface area contributed by atoms with Crippen molar-refractivity contribution in [3.05, 3.63) is 0 Å². The van der Waals surface area contributed by atoms with Crippen molar-refractivity contribution in [1.29, 1.82) is 0 Å². The Balaban J connectivity index is 3.15. The predicted octanol–water partition coefficient (Wildman–Crippen LogP) is 0.820. The highest BCUT2D eigenvalue weighted by Gasteiger charge is 2.16. The molecule has 0 amide bonds. The third-order valence-corrected chi connectivity index (χ3v) is 0.703. The van der Waals surface area contributed by atoms with E-state index in [0.29, 0.717) is 0 Å². The molecule has 0 aromatic heterocycles. The summed E-state index contributed by atoms with van der Waals surface area (Å²) in [5, 5.41) is 0. The van der Waals surface area contributed by atoms with E-state index in [4.69, 9.17) is 40.6 Å². The van der Waals surface area contributed by atoms with Crippen LogP contribution < -0.4 is 11.3 Å². The number of nitrogens with one attached hydrogen (secondary N) is 1. The van der Waals surface area contributed by atoms with Crippen LogP contribution in [0.5, 0.6) is 0 Å². The summed E-state index contributed by atoms with van der Waals surface area (Å²) >= 11 is 15.7. The molecule has 0 aliphatic carbocycles. The van der Waals surface area contributed by atoms with Crippen LogP contribution in [0.2, 0.25) is 0 Å². The van der Waals surface area contributed by atoms with Gasteiger partial charge in [0, 0.05) is 0 Å². The summed E-state index contributed by atoms with van der Waals surface area (Å²) in [6.07, 6.45) is 0. The summed E-state index contributed by atoms with van der Waals surface area (Å²) in [4.78, 5) is 0. The molecule has 2 nitrogen and oxygen atoms in total. The molecule has 0 rings (SSSR count).